The summed E-state index contributed by atoms with van der Waals surface area (Å²) in [5.41, 5.74) is -5.54. The smallest absolute Gasteiger partial charge is 0.309 e. The van der Waals surface area contributed by atoms with Crippen molar-refractivity contribution in [3.8, 4) is 39.7 Å². The molecule has 0 N–H and O–H groups in total. The summed E-state index contributed by atoms with van der Waals surface area (Å²) >= 11 is 0. The summed E-state index contributed by atoms with van der Waals surface area (Å²) in [6.45, 7) is 0. The molecule has 0 aliphatic rings. The molecule has 0 aliphatic heterocycles. The second-order valence-electron chi connectivity index (χ2n) is 14.4. The summed E-state index contributed by atoms with van der Waals surface area (Å²) in [5.74, 6) is 0. The third-order valence-corrected chi connectivity index (χ3v) is 10.9. The van der Waals surface area contributed by atoms with Crippen LogP contribution in [-0.2, 0) is 24.7 Å². The maximum absolute atomic E-state index is 15.1. The van der Waals surface area contributed by atoms with Gasteiger partial charge in [0.05, 0.1) is 67.3 Å². The topological polar surface area (TPSA) is 33.6 Å². The van der Waals surface area contributed by atoms with E-state index in [1.807, 2.05) is 0 Å². The molecule has 0 saturated heterocycles. The van der Waals surface area contributed by atoms with Gasteiger partial charge >= 0.3 is 24.7 Å². The Kier molecular flexibility index (Phi) is 9.02. The standard InChI is InChI=1S/C47H23F12N3/c48-44(49,50)26-16-19-38-33(21-26)30-8-1-3-11-36(30)61(38)40-13-5-7-25(24-60)42(40)43-32(29-18-15-28(46(54,55)56)23-35(29)47(57,58)59)10-6-14-41(43)62-37-12-4-2-9-31(37)34-22-27(45(51,52)53)17-20-39(34)62/h1-23H. The van der Waals surface area contributed by atoms with Crippen molar-refractivity contribution < 1.29 is 52.7 Å². The average Bonchev–Trinajstić information content (AvgIpc) is 3.74. The van der Waals surface area contributed by atoms with E-state index >= 15 is 13.2 Å². The van der Waals surface area contributed by atoms with E-state index in [2.05, 4.69) is 6.07 Å². The molecule has 7 aromatic carbocycles. The molecule has 9 aromatic rings. The summed E-state index contributed by atoms with van der Waals surface area (Å²) in [6.07, 6.45) is -20.0. The van der Waals surface area contributed by atoms with E-state index in [0.29, 0.717) is 28.4 Å². The van der Waals surface area contributed by atoms with E-state index < -0.39 is 52.5 Å². The van der Waals surface area contributed by atoms with Crippen LogP contribution in [0.4, 0.5) is 52.7 Å². The largest absolute Gasteiger partial charge is 0.417 e. The van der Waals surface area contributed by atoms with Crippen LogP contribution in [0.25, 0.3) is 77.2 Å². The molecule has 9 rings (SSSR count). The molecule has 15 heteroatoms. The van der Waals surface area contributed by atoms with Gasteiger partial charge in [0.2, 0.25) is 0 Å². The number of fused-ring (bicyclic) bond motifs is 6. The predicted molar refractivity (Wildman–Crippen MR) is 211 cm³/mol. The molecule has 310 valence electrons. The molecular formula is C47H23F12N3. The van der Waals surface area contributed by atoms with E-state index in [-0.39, 0.29) is 67.0 Å². The van der Waals surface area contributed by atoms with Crippen molar-refractivity contribution in [1.82, 2.24) is 9.13 Å². The molecule has 3 nitrogen and oxygen atoms in total. The molecular weight excluding hydrogens is 835 g/mol. The van der Waals surface area contributed by atoms with Gasteiger partial charge in [0.25, 0.3) is 0 Å². The van der Waals surface area contributed by atoms with Crippen molar-refractivity contribution in [3.05, 3.63) is 167 Å². The quantitative estimate of drug-likeness (QED) is 0.162. The summed E-state index contributed by atoms with van der Waals surface area (Å²) in [6, 6.07) is 30.2. The van der Waals surface area contributed by atoms with Crippen molar-refractivity contribution in [2.45, 2.75) is 24.7 Å². The first kappa shape index (κ1) is 40.2. The molecule has 0 amide bonds. The third kappa shape index (κ3) is 6.48. The Morgan fingerprint density at radius 2 is 0.806 bits per heavy atom. The van der Waals surface area contributed by atoms with Crippen LogP contribution >= 0.6 is 0 Å². The summed E-state index contributed by atoms with van der Waals surface area (Å²) in [4.78, 5) is 0. The van der Waals surface area contributed by atoms with Crippen LogP contribution in [0, 0.1) is 11.3 Å². The Morgan fingerprint density at radius 3 is 1.29 bits per heavy atom. The Labute approximate surface area is 341 Å². The highest BCUT2D eigenvalue weighted by molar-refractivity contribution is 6.12. The van der Waals surface area contributed by atoms with Crippen LogP contribution in [-0.4, -0.2) is 9.13 Å². The van der Waals surface area contributed by atoms with Crippen LogP contribution in [0.3, 0.4) is 0 Å². The maximum Gasteiger partial charge on any atom is 0.417 e. The molecule has 0 radical (unpaired) electrons. The molecule has 0 atom stereocenters. The Balaban J connectivity index is 1.48. The van der Waals surface area contributed by atoms with Crippen LogP contribution < -0.4 is 0 Å². The lowest BCUT2D eigenvalue weighted by Gasteiger charge is -2.24. The molecule has 2 heterocycles. The van der Waals surface area contributed by atoms with Crippen LogP contribution in [0.15, 0.2) is 140 Å². The van der Waals surface area contributed by atoms with Gasteiger partial charge in [-0.05, 0) is 90.0 Å². The number of alkyl halides is 12. The number of benzene rings is 7. The van der Waals surface area contributed by atoms with Crippen LogP contribution in [0.2, 0.25) is 0 Å². The number of para-hydroxylation sites is 2. The first-order chi connectivity index (χ1) is 29.3. The number of hydrogen-bond donors (Lipinski definition) is 0. The van der Waals surface area contributed by atoms with Gasteiger partial charge in [-0.25, -0.2) is 0 Å². The zero-order valence-corrected chi connectivity index (χ0v) is 31.2. The minimum absolute atomic E-state index is 0.0190. The van der Waals surface area contributed by atoms with Crippen molar-refractivity contribution in [3.63, 3.8) is 0 Å². The normalized spacial score (nSPS) is 12.8. The van der Waals surface area contributed by atoms with Gasteiger partial charge in [-0.2, -0.15) is 57.9 Å². The summed E-state index contributed by atoms with van der Waals surface area (Å²) in [7, 11) is 0. The highest BCUT2D eigenvalue weighted by Crippen LogP contribution is 2.50. The van der Waals surface area contributed by atoms with E-state index in [1.165, 1.54) is 53.1 Å². The first-order valence-corrected chi connectivity index (χ1v) is 18.4. The van der Waals surface area contributed by atoms with Crippen LogP contribution in [0.5, 0.6) is 0 Å². The van der Waals surface area contributed by atoms with Crippen molar-refractivity contribution >= 4 is 43.6 Å². The van der Waals surface area contributed by atoms with Gasteiger partial charge in [-0.3, -0.25) is 0 Å². The highest BCUT2D eigenvalue weighted by Gasteiger charge is 2.40. The van der Waals surface area contributed by atoms with E-state index in [1.54, 1.807) is 53.1 Å². The molecule has 0 unspecified atom stereocenters. The SMILES string of the molecule is N#Cc1cccc(-n2c3ccccc3c3cc(C(F)(F)F)ccc32)c1-c1c(-c2ccc(C(F)(F)F)cc2C(F)(F)F)cccc1-n1c2ccccc2c2cc(C(F)(F)F)ccc21. The fraction of sp³-hybridized carbons (Fsp3) is 0.0851. The predicted octanol–water partition coefficient (Wildman–Crippen LogP) is 15.2. The van der Waals surface area contributed by atoms with Crippen molar-refractivity contribution in [1.29, 1.82) is 5.26 Å². The number of aromatic nitrogens is 2. The highest BCUT2D eigenvalue weighted by atomic mass is 19.4. The zero-order valence-electron chi connectivity index (χ0n) is 31.2. The molecule has 2 aromatic heterocycles. The van der Waals surface area contributed by atoms with Gasteiger partial charge in [-0.15, -0.1) is 0 Å². The molecule has 0 bridgehead atoms. The van der Waals surface area contributed by atoms with E-state index in [4.69, 9.17) is 0 Å². The fourth-order valence-electron chi connectivity index (χ4n) is 8.30. The lowest BCUT2D eigenvalue weighted by atomic mass is 9.86. The van der Waals surface area contributed by atoms with Gasteiger partial charge in [0.15, 0.2) is 0 Å². The van der Waals surface area contributed by atoms with Crippen molar-refractivity contribution in [2.75, 3.05) is 0 Å². The van der Waals surface area contributed by atoms with E-state index in [0.717, 1.165) is 24.3 Å². The summed E-state index contributed by atoms with van der Waals surface area (Å²) in [5, 5.41) is 11.7. The molecule has 0 saturated carbocycles. The first-order valence-electron chi connectivity index (χ1n) is 18.4. The summed E-state index contributed by atoms with van der Waals surface area (Å²) < 4.78 is 175. The second-order valence-corrected chi connectivity index (χ2v) is 14.4. The zero-order chi connectivity index (χ0) is 44.1. The molecule has 0 aliphatic carbocycles. The lowest BCUT2D eigenvalue weighted by Crippen LogP contribution is -2.13. The molecule has 0 spiro atoms. The maximum atomic E-state index is 15.1. The number of rotatable bonds is 4. The Bertz CT molecular complexity index is 3320. The van der Waals surface area contributed by atoms with Gasteiger partial charge < -0.3 is 9.13 Å². The number of nitriles is 1. The average molecular weight is 858 g/mol. The fourth-order valence-corrected chi connectivity index (χ4v) is 8.30. The molecule has 62 heavy (non-hydrogen) atoms. The minimum atomic E-state index is -5.37. The van der Waals surface area contributed by atoms with Gasteiger partial charge in [-0.1, -0.05) is 60.7 Å². The number of halogens is 12. The minimum Gasteiger partial charge on any atom is -0.309 e. The van der Waals surface area contributed by atoms with E-state index in [9.17, 15) is 44.8 Å². The second kappa shape index (κ2) is 13.9. The third-order valence-electron chi connectivity index (χ3n) is 10.9. The molecule has 0 fully saturated rings. The number of nitrogens with zero attached hydrogens (tertiary/aromatic N) is 3. The monoisotopic (exact) mass is 857 g/mol. The van der Waals surface area contributed by atoms with Gasteiger partial charge in [0, 0.05) is 32.7 Å². The lowest BCUT2D eigenvalue weighted by molar-refractivity contribution is -0.143. The van der Waals surface area contributed by atoms with Crippen molar-refractivity contribution in [2.24, 2.45) is 0 Å². The van der Waals surface area contributed by atoms with Crippen LogP contribution in [0.1, 0.15) is 27.8 Å². The Morgan fingerprint density at radius 1 is 0.371 bits per heavy atom. The Hall–Kier alpha value is -7.21. The van der Waals surface area contributed by atoms with Gasteiger partial charge in [0.1, 0.15) is 0 Å². The number of hydrogen-bond acceptors (Lipinski definition) is 1.